The molecule has 1 saturated heterocycles. The Morgan fingerprint density at radius 2 is 1.77 bits per heavy atom. The Bertz CT molecular complexity index is 921. The van der Waals surface area contributed by atoms with E-state index in [0.29, 0.717) is 28.0 Å². The summed E-state index contributed by atoms with van der Waals surface area (Å²) < 4.78 is 0. The Kier molecular flexibility index (Phi) is 4.84. The van der Waals surface area contributed by atoms with Crippen LogP contribution < -0.4 is 10.2 Å². The van der Waals surface area contributed by atoms with Crippen LogP contribution in [-0.2, 0) is 0 Å². The molecule has 0 atom stereocenters. The largest absolute Gasteiger partial charge is 0.341 e. The fourth-order valence-corrected chi connectivity index (χ4v) is 3.47. The number of hydrogen-bond acceptors (Lipinski definition) is 6. The predicted molar refractivity (Wildman–Crippen MR) is 105 cm³/mol. The number of halogens is 1. The molecule has 1 N–H and O–H groups in total. The van der Waals surface area contributed by atoms with Crippen molar-refractivity contribution in [1.29, 1.82) is 0 Å². The molecule has 0 radical (unpaired) electrons. The topological polar surface area (TPSA) is 66.8 Å². The van der Waals surface area contributed by atoms with Gasteiger partial charge in [0.15, 0.2) is 17.0 Å². The normalized spacial score (nSPS) is 15.1. The third-order valence-electron chi connectivity index (χ3n) is 4.65. The lowest BCUT2D eigenvalue weighted by Gasteiger charge is -2.21. The zero-order valence-corrected chi connectivity index (χ0v) is 15.5. The molecule has 1 aliphatic heterocycles. The van der Waals surface area contributed by atoms with Crippen LogP contribution in [0.5, 0.6) is 0 Å². The van der Waals surface area contributed by atoms with E-state index < -0.39 is 0 Å². The van der Waals surface area contributed by atoms with Gasteiger partial charge in [-0.2, -0.15) is 9.97 Å². The zero-order valence-electron chi connectivity index (χ0n) is 14.7. The summed E-state index contributed by atoms with van der Waals surface area (Å²) in [5.41, 5.74) is 3.27. The second-order valence-electron chi connectivity index (χ2n) is 6.59. The lowest BCUT2D eigenvalue weighted by molar-refractivity contribution is 0.726. The first-order valence-electron chi connectivity index (χ1n) is 8.97. The Hall–Kier alpha value is -2.47. The van der Waals surface area contributed by atoms with Crippen LogP contribution in [0.15, 0.2) is 30.6 Å². The second-order valence-corrected chi connectivity index (χ2v) is 7.02. The molecular formula is C19H21ClN6. The molecule has 6 nitrogen and oxygen atoms in total. The highest BCUT2D eigenvalue weighted by atomic mass is 35.5. The smallest absolute Gasteiger partial charge is 0.229 e. The van der Waals surface area contributed by atoms with Crippen molar-refractivity contribution in [2.24, 2.45) is 0 Å². The number of aromatic nitrogens is 4. The molecule has 2 aromatic heterocycles. The molecule has 0 saturated carbocycles. The minimum absolute atomic E-state index is 0.607. The van der Waals surface area contributed by atoms with Crippen LogP contribution in [0.3, 0.4) is 0 Å². The van der Waals surface area contributed by atoms with Crippen molar-refractivity contribution in [2.45, 2.75) is 32.6 Å². The van der Waals surface area contributed by atoms with Gasteiger partial charge in [0, 0.05) is 36.2 Å². The number of hydrogen-bond donors (Lipinski definition) is 1. The molecular weight excluding hydrogens is 348 g/mol. The van der Waals surface area contributed by atoms with Gasteiger partial charge in [-0.1, -0.05) is 24.4 Å². The summed E-state index contributed by atoms with van der Waals surface area (Å²) >= 11 is 6.07. The summed E-state index contributed by atoms with van der Waals surface area (Å²) in [4.78, 5) is 20.5. The number of anilines is 3. The highest BCUT2D eigenvalue weighted by molar-refractivity contribution is 6.30. The van der Waals surface area contributed by atoms with E-state index in [4.69, 9.17) is 16.6 Å². The standard InChI is InChI=1S/C19H21ClN6/c1-13-12-14(20)6-7-15(13)23-18-16-17(22-9-8-21-16)24-19(25-18)26-10-4-2-3-5-11-26/h6-9,12H,2-5,10-11H2,1H3,(H,22,23,24,25). The van der Waals surface area contributed by atoms with Crippen LogP contribution in [-0.4, -0.2) is 33.0 Å². The van der Waals surface area contributed by atoms with Gasteiger partial charge in [-0.15, -0.1) is 0 Å². The van der Waals surface area contributed by atoms with Crippen LogP contribution in [0, 0.1) is 6.92 Å². The van der Waals surface area contributed by atoms with Gasteiger partial charge in [0.1, 0.15) is 0 Å². The number of nitrogens with zero attached hydrogens (tertiary/aromatic N) is 5. The first kappa shape index (κ1) is 17.0. The Balaban J connectivity index is 1.76. The molecule has 0 unspecified atom stereocenters. The van der Waals surface area contributed by atoms with Gasteiger partial charge in [0.05, 0.1) is 0 Å². The molecule has 0 amide bonds. The first-order valence-corrected chi connectivity index (χ1v) is 9.35. The summed E-state index contributed by atoms with van der Waals surface area (Å²) in [6.45, 7) is 3.97. The molecule has 1 aliphatic rings. The van der Waals surface area contributed by atoms with Gasteiger partial charge in [0.25, 0.3) is 0 Å². The summed E-state index contributed by atoms with van der Waals surface area (Å²) in [5, 5.41) is 4.11. The third kappa shape index (κ3) is 3.55. The maximum absolute atomic E-state index is 6.07. The Morgan fingerprint density at radius 3 is 2.54 bits per heavy atom. The van der Waals surface area contributed by atoms with Crippen molar-refractivity contribution < 1.29 is 0 Å². The van der Waals surface area contributed by atoms with E-state index in [9.17, 15) is 0 Å². The Labute approximate surface area is 157 Å². The molecule has 3 heterocycles. The summed E-state index contributed by atoms with van der Waals surface area (Å²) in [5.74, 6) is 1.39. The zero-order chi connectivity index (χ0) is 17.9. The molecule has 1 fully saturated rings. The molecule has 0 spiro atoms. The molecule has 0 bridgehead atoms. The van der Waals surface area contributed by atoms with Crippen molar-refractivity contribution in [3.05, 3.63) is 41.2 Å². The number of benzene rings is 1. The minimum Gasteiger partial charge on any atom is -0.341 e. The van der Waals surface area contributed by atoms with Gasteiger partial charge in [-0.05, 0) is 43.5 Å². The number of nitrogens with one attached hydrogen (secondary N) is 1. The van der Waals surface area contributed by atoms with E-state index in [1.54, 1.807) is 12.4 Å². The van der Waals surface area contributed by atoms with Crippen LogP contribution in [0.4, 0.5) is 17.5 Å². The maximum atomic E-state index is 6.07. The van der Waals surface area contributed by atoms with E-state index in [0.717, 1.165) is 24.3 Å². The average Bonchev–Trinajstić information content (AvgIpc) is 2.93. The number of fused-ring (bicyclic) bond motifs is 1. The lowest BCUT2D eigenvalue weighted by Crippen LogP contribution is -2.26. The molecule has 26 heavy (non-hydrogen) atoms. The molecule has 1 aromatic carbocycles. The predicted octanol–water partition coefficient (Wildman–Crippen LogP) is 4.51. The van der Waals surface area contributed by atoms with Crippen LogP contribution in [0.25, 0.3) is 11.2 Å². The first-order chi connectivity index (χ1) is 12.7. The summed E-state index contributed by atoms with van der Waals surface area (Å²) in [6.07, 6.45) is 8.19. The highest BCUT2D eigenvalue weighted by Gasteiger charge is 2.17. The van der Waals surface area contributed by atoms with Gasteiger partial charge in [-0.25, -0.2) is 9.97 Å². The van der Waals surface area contributed by atoms with E-state index >= 15 is 0 Å². The van der Waals surface area contributed by atoms with E-state index in [1.165, 1.54) is 25.7 Å². The number of rotatable bonds is 3. The van der Waals surface area contributed by atoms with E-state index in [2.05, 4.69) is 25.2 Å². The molecule has 134 valence electrons. The fraction of sp³-hybridized carbons (Fsp3) is 0.368. The van der Waals surface area contributed by atoms with E-state index in [-0.39, 0.29) is 0 Å². The minimum atomic E-state index is 0.607. The van der Waals surface area contributed by atoms with Crippen LogP contribution >= 0.6 is 11.6 Å². The van der Waals surface area contributed by atoms with Crippen LogP contribution in [0.1, 0.15) is 31.2 Å². The van der Waals surface area contributed by atoms with Gasteiger partial charge in [-0.3, -0.25) is 0 Å². The summed E-state index contributed by atoms with van der Waals surface area (Å²) in [6, 6.07) is 5.74. The van der Waals surface area contributed by atoms with Gasteiger partial charge in [0.2, 0.25) is 5.95 Å². The van der Waals surface area contributed by atoms with Crippen LogP contribution in [0.2, 0.25) is 5.02 Å². The average molecular weight is 369 g/mol. The van der Waals surface area contributed by atoms with Crippen molar-refractivity contribution in [2.75, 3.05) is 23.3 Å². The SMILES string of the molecule is Cc1cc(Cl)ccc1Nc1nc(N2CCCCCC2)nc2nccnc12. The monoisotopic (exact) mass is 368 g/mol. The van der Waals surface area contributed by atoms with Crippen molar-refractivity contribution in [3.8, 4) is 0 Å². The highest BCUT2D eigenvalue weighted by Crippen LogP contribution is 2.27. The van der Waals surface area contributed by atoms with Gasteiger partial charge >= 0.3 is 0 Å². The van der Waals surface area contributed by atoms with Crippen molar-refractivity contribution >= 4 is 40.2 Å². The molecule has 0 aliphatic carbocycles. The van der Waals surface area contributed by atoms with Gasteiger partial charge < -0.3 is 10.2 Å². The third-order valence-corrected chi connectivity index (χ3v) is 4.89. The van der Waals surface area contributed by atoms with E-state index in [1.807, 2.05) is 25.1 Å². The molecule has 7 heteroatoms. The maximum Gasteiger partial charge on any atom is 0.229 e. The quantitative estimate of drug-likeness (QED) is 0.733. The molecule has 3 aromatic rings. The summed E-state index contributed by atoms with van der Waals surface area (Å²) in [7, 11) is 0. The molecule has 4 rings (SSSR count). The van der Waals surface area contributed by atoms with Crippen molar-refractivity contribution in [3.63, 3.8) is 0 Å². The number of aryl methyl sites for hydroxylation is 1. The lowest BCUT2D eigenvalue weighted by atomic mass is 10.2. The Morgan fingerprint density at radius 1 is 1.00 bits per heavy atom. The fourth-order valence-electron chi connectivity index (χ4n) is 3.25. The second kappa shape index (κ2) is 7.41. The van der Waals surface area contributed by atoms with Crippen molar-refractivity contribution in [1.82, 2.24) is 19.9 Å².